The van der Waals surface area contributed by atoms with Gasteiger partial charge in [0.05, 0.1) is 20.8 Å². The highest BCUT2D eigenvalue weighted by atomic mass is 16.5. The van der Waals surface area contributed by atoms with Crippen molar-refractivity contribution in [3.8, 4) is 17.2 Å². The fourth-order valence-corrected chi connectivity index (χ4v) is 4.73. The minimum Gasteiger partial charge on any atom is -0.507 e. The topological polar surface area (TPSA) is 112 Å². The summed E-state index contributed by atoms with van der Waals surface area (Å²) in [6.45, 7) is 8.21. The molecule has 0 spiro atoms. The average molecular weight is 545 g/mol. The molecule has 1 aliphatic carbocycles. The summed E-state index contributed by atoms with van der Waals surface area (Å²) in [5.74, 6) is 1.48. The Morgan fingerprint density at radius 3 is 2.42 bits per heavy atom. The number of ether oxygens (including phenoxy) is 3. The van der Waals surface area contributed by atoms with Crippen molar-refractivity contribution in [1.82, 2.24) is 0 Å². The van der Waals surface area contributed by atoms with Gasteiger partial charge in [0.15, 0.2) is 17.0 Å². The lowest BCUT2D eigenvalue weighted by atomic mass is 9.85. The van der Waals surface area contributed by atoms with Crippen molar-refractivity contribution in [3.05, 3.63) is 99.6 Å². The number of phenolic OH excluding ortho intramolecular Hbond substituents is 1. The van der Waals surface area contributed by atoms with E-state index in [-0.39, 0.29) is 39.8 Å². The Morgan fingerprint density at radius 1 is 1.05 bits per heavy atom. The third kappa shape index (κ3) is 5.86. The van der Waals surface area contributed by atoms with Gasteiger partial charge in [0.1, 0.15) is 34.0 Å². The third-order valence-corrected chi connectivity index (χ3v) is 6.93. The molecule has 8 heteroatoms. The van der Waals surface area contributed by atoms with E-state index in [0.717, 1.165) is 17.7 Å². The maximum absolute atomic E-state index is 12.2. The van der Waals surface area contributed by atoms with E-state index >= 15 is 0 Å². The molecule has 0 fully saturated rings. The number of carbonyl (C=O) groups is 2. The molecule has 2 aromatic carbocycles. The molecule has 0 radical (unpaired) electrons. The van der Waals surface area contributed by atoms with E-state index in [4.69, 9.17) is 18.6 Å². The molecule has 0 amide bonds. The quantitative estimate of drug-likeness (QED) is 0.338. The summed E-state index contributed by atoms with van der Waals surface area (Å²) in [5.41, 5.74) is 2.15. The zero-order chi connectivity index (χ0) is 29.0. The fraction of sp³-hybridized carbons (Fsp3) is 0.281. The van der Waals surface area contributed by atoms with Crippen LogP contribution in [0.15, 0.2) is 81.7 Å². The van der Waals surface area contributed by atoms with Crippen LogP contribution in [-0.2, 0) is 20.7 Å². The standard InChI is InChI=1S/C17H16O4.C15H16O4/c1-4-13(11-5-7-12(20-2)8-6-11)14-9-16(19)17(21-3)10-15(14)18;1-8-3-4-10-12(18-7-8)6-13-14(15(10)17)11(16)5-9(2)19-13/h4-10,13H,1H2,2-3H3;5-6,8,17H,3-4,7H2,1-2H3. The number of aromatic hydroxyl groups is 1. The van der Waals surface area contributed by atoms with Crippen molar-refractivity contribution in [3.63, 3.8) is 0 Å². The number of carbonyl (C=O) groups excluding carboxylic acids is 2. The molecule has 0 saturated carbocycles. The summed E-state index contributed by atoms with van der Waals surface area (Å²) in [7, 11) is 2.95. The Hall–Kier alpha value is -4.59. The summed E-state index contributed by atoms with van der Waals surface area (Å²) in [4.78, 5) is 36.0. The van der Waals surface area contributed by atoms with Gasteiger partial charge in [0, 0.05) is 35.3 Å². The molecular weight excluding hydrogens is 512 g/mol. The zero-order valence-electron chi connectivity index (χ0n) is 23.0. The molecule has 0 bridgehead atoms. The molecule has 208 valence electrons. The Bertz CT molecular complexity index is 1570. The maximum atomic E-state index is 12.2. The number of methoxy groups -OCH3 is 2. The molecule has 1 aliphatic heterocycles. The summed E-state index contributed by atoms with van der Waals surface area (Å²) in [6.07, 6.45) is 5.83. The monoisotopic (exact) mass is 544 g/mol. The van der Waals surface area contributed by atoms with E-state index < -0.39 is 0 Å². The average Bonchev–Trinajstić information content (AvgIpc) is 3.12. The summed E-state index contributed by atoms with van der Waals surface area (Å²) >= 11 is 0. The van der Waals surface area contributed by atoms with Gasteiger partial charge in [-0.25, -0.2) is 0 Å². The Balaban J connectivity index is 0.000000186. The first-order valence-electron chi connectivity index (χ1n) is 12.9. The van der Waals surface area contributed by atoms with Gasteiger partial charge in [-0.1, -0.05) is 25.1 Å². The Kier molecular flexibility index (Phi) is 8.58. The predicted octanol–water partition coefficient (Wildman–Crippen LogP) is 5.34. The van der Waals surface area contributed by atoms with Gasteiger partial charge in [0.2, 0.25) is 5.78 Å². The minimum atomic E-state index is -0.345. The van der Waals surface area contributed by atoms with E-state index in [0.29, 0.717) is 47.2 Å². The fourth-order valence-electron chi connectivity index (χ4n) is 4.73. The Morgan fingerprint density at radius 2 is 1.77 bits per heavy atom. The highest BCUT2D eigenvalue weighted by molar-refractivity contribution is 6.19. The lowest BCUT2D eigenvalue weighted by molar-refractivity contribution is -0.117. The largest absolute Gasteiger partial charge is 0.507 e. The van der Waals surface area contributed by atoms with Crippen molar-refractivity contribution in [2.45, 2.75) is 32.6 Å². The van der Waals surface area contributed by atoms with Crippen molar-refractivity contribution in [2.24, 2.45) is 5.92 Å². The number of hydrogen-bond acceptors (Lipinski definition) is 8. The molecule has 8 nitrogen and oxygen atoms in total. The van der Waals surface area contributed by atoms with Gasteiger partial charge in [-0.3, -0.25) is 14.4 Å². The second-order valence-electron chi connectivity index (χ2n) is 9.78. The van der Waals surface area contributed by atoms with Crippen molar-refractivity contribution >= 4 is 22.5 Å². The molecule has 2 heterocycles. The van der Waals surface area contributed by atoms with Crippen LogP contribution >= 0.6 is 0 Å². The third-order valence-electron chi connectivity index (χ3n) is 6.93. The first-order valence-corrected chi connectivity index (χ1v) is 12.9. The van der Waals surface area contributed by atoms with Crippen LogP contribution in [0.5, 0.6) is 17.2 Å². The second kappa shape index (κ2) is 12.1. The molecule has 0 saturated heterocycles. The molecule has 1 aromatic heterocycles. The maximum Gasteiger partial charge on any atom is 0.220 e. The lowest BCUT2D eigenvalue weighted by Gasteiger charge is -2.18. The number of fused-ring (bicyclic) bond motifs is 2. The number of ketones is 2. The van der Waals surface area contributed by atoms with E-state index in [1.165, 1.54) is 25.3 Å². The molecule has 40 heavy (non-hydrogen) atoms. The van der Waals surface area contributed by atoms with Crippen LogP contribution in [0.1, 0.15) is 36.1 Å². The molecule has 2 aliphatic rings. The predicted molar refractivity (Wildman–Crippen MR) is 151 cm³/mol. The first kappa shape index (κ1) is 28.4. The van der Waals surface area contributed by atoms with Crippen LogP contribution in [0.4, 0.5) is 0 Å². The van der Waals surface area contributed by atoms with Crippen LogP contribution in [0.25, 0.3) is 11.0 Å². The van der Waals surface area contributed by atoms with E-state index in [2.05, 4.69) is 13.5 Å². The number of hydrogen-bond donors (Lipinski definition) is 1. The van der Waals surface area contributed by atoms with Crippen LogP contribution in [0.3, 0.4) is 0 Å². The van der Waals surface area contributed by atoms with Gasteiger partial charge in [-0.2, -0.15) is 0 Å². The number of rotatable bonds is 5. The van der Waals surface area contributed by atoms with E-state index in [1.807, 2.05) is 12.1 Å². The second-order valence-corrected chi connectivity index (χ2v) is 9.78. The van der Waals surface area contributed by atoms with Gasteiger partial charge in [-0.05, 0) is 49.5 Å². The SMILES string of the molecule is C=CC(C1=CC(=O)C(OC)=CC1=O)c1ccc(OC)cc1.Cc1cc(=O)c2c(O)c3c(cc2o1)OCC(C)CC3. The van der Waals surface area contributed by atoms with Crippen LogP contribution in [0.2, 0.25) is 0 Å². The minimum absolute atomic E-state index is 0.00958. The summed E-state index contributed by atoms with van der Waals surface area (Å²) in [6, 6.07) is 10.4. The van der Waals surface area contributed by atoms with E-state index in [9.17, 15) is 19.5 Å². The highest BCUT2D eigenvalue weighted by Gasteiger charge is 2.26. The molecule has 2 unspecified atom stereocenters. The summed E-state index contributed by atoms with van der Waals surface area (Å²) in [5, 5.41) is 10.6. The molecule has 5 rings (SSSR count). The number of phenols is 1. The van der Waals surface area contributed by atoms with Crippen LogP contribution in [-0.4, -0.2) is 37.5 Å². The normalized spacial score (nSPS) is 17.2. The van der Waals surface area contributed by atoms with Gasteiger partial charge in [-0.15, -0.1) is 6.58 Å². The van der Waals surface area contributed by atoms with Gasteiger partial charge >= 0.3 is 0 Å². The molecular formula is C32H32O8. The lowest BCUT2D eigenvalue weighted by Crippen LogP contribution is -2.18. The van der Waals surface area contributed by atoms with Crippen molar-refractivity contribution in [2.75, 3.05) is 20.8 Å². The van der Waals surface area contributed by atoms with Gasteiger partial charge < -0.3 is 23.7 Å². The van der Waals surface area contributed by atoms with Crippen molar-refractivity contribution in [1.29, 1.82) is 0 Å². The number of aryl methyl sites for hydroxylation is 1. The smallest absolute Gasteiger partial charge is 0.220 e. The highest BCUT2D eigenvalue weighted by Crippen LogP contribution is 2.38. The van der Waals surface area contributed by atoms with E-state index in [1.54, 1.807) is 38.3 Å². The van der Waals surface area contributed by atoms with Crippen LogP contribution < -0.4 is 14.9 Å². The molecule has 3 aromatic rings. The zero-order valence-corrected chi connectivity index (χ0v) is 23.0. The molecule has 1 N–H and O–H groups in total. The Labute approximate surface area is 232 Å². The van der Waals surface area contributed by atoms with Crippen molar-refractivity contribution < 1.29 is 33.3 Å². The van der Waals surface area contributed by atoms with Crippen LogP contribution in [0, 0.1) is 12.8 Å². The number of allylic oxidation sites excluding steroid dienone is 4. The summed E-state index contributed by atoms with van der Waals surface area (Å²) < 4.78 is 21.2. The number of benzene rings is 2. The first-order chi connectivity index (χ1) is 19.2. The molecule has 2 atom stereocenters. The van der Waals surface area contributed by atoms with Gasteiger partial charge in [0.25, 0.3) is 0 Å².